The summed E-state index contributed by atoms with van der Waals surface area (Å²) in [7, 11) is 0. The summed E-state index contributed by atoms with van der Waals surface area (Å²) in [6.45, 7) is 6.65. The summed E-state index contributed by atoms with van der Waals surface area (Å²) in [6.07, 6.45) is 1.67. The average molecular weight is 278 g/mol. The smallest absolute Gasteiger partial charge is 0.101 e. The molecular formula is C15H16ClNS. The van der Waals surface area contributed by atoms with Gasteiger partial charge in [-0.3, -0.25) is 0 Å². The van der Waals surface area contributed by atoms with E-state index in [1.165, 1.54) is 10.5 Å². The van der Waals surface area contributed by atoms with Crippen LogP contribution in [0.2, 0.25) is 5.02 Å². The highest BCUT2D eigenvalue weighted by atomic mass is 35.5. The van der Waals surface area contributed by atoms with Gasteiger partial charge in [0.1, 0.15) is 5.03 Å². The molecule has 1 nitrogen and oxygen atoms in total. The van der Waals surface area contributed by atoms with Crippen molar-refractivity contribution in [3.63, 3.8) is 0 Å². The topological polar surface area (TPSA) is 12.9 Å². The molecule has 0 fully saturated rings. The number of hydrogen-bond donors (Lipinski definition) is 0. The van der Waals surface area contributed by atoms with Crippen LogP contribution < -0.4 is 0 Å². The van der Waals surface area contributed by atoms with E-state index in [1.54, 1.807) is 18.0 Å². The fourth-order valence-electron chi connectivity index (χ4n) is 1.57. The number of aromatic nitrogens is 1. The number of hydrogen-bond acceptors (Lipinski definition) is 2. The number of rotatable bonds is 2. The van der Waals surface area contributed by atoms with Crippen molar-refractivity contribution in [1.29, 1.82) is 0 Å². The summed E-state index contributed by atoms with van der Waals surface area (Å²) in [5.74, 6) is 0. The molecular weight excluding hydrogens is 262 g/mol. The highest BCUT2D eigenvalue weighted by Gasteiger charge is 2.12. The summed E-state index contributed by atoms with van der Waals surface area (Å²) >= 11 is 7.46. The Morgan fingerprint density at radius 1 is 1.00 bits per heavy atom. The van der Waals surface area contributed by atoms with Gasteiger partial charge in [0.2, 0.25) is 0 Å². The zero-order chi connectivity index (χ0) is 13.2. The largest absolute Gasteiger partial charge is 0.248 e. The van der Waals surface area contributed by atoms with Crippen LogP contribution >= 0.6 is 23.4 Å². The molecule has 0 unspecified atom stereocenters. The van der Waals surface area contributed by atoms with Gasteiger partial charge in [-0.15, -0.1) is 0 Å². The first-order chi connectivity index (χ1) is 8.45. The number of halogens is 1. The number of nitrogens with zero attached hydrogens (tertiary/aromatic N) is 1. The molecule has 2 rings (SSSR count). The Balaban J connectivity index is 2.13. The first-order valence-corrected chi connectivity index (χ1v) is 7.04. The lowest BCUT2D eigenvalue weighted by Crippen LogP contribution is -2.10. The molecule has 1 heterocycles. The van der Waals surface area contributed by atoms with Crippen molar-refractivity contribution in [2.75, 3.05) is 0 Å². The van der Waals surface area contributed by atoms with E-state index in [9.17, 15) is 0 Å². The van der Waals surface area contributed by atoms with E-state index >= 15 is 0 Å². The molecule has 1 aromatic heterocycles. The molecule has 0 aliphatic rings. The van der Waals surface area contributed by atoms with Crippen molar-refractivity contribution in [2.45, 2.75) is 36.1 Å². The molecule has 0 saturated heterocycles. The van der Waals surface area contributed by atoms with E-state index in [-0.39, 0.29) is 5.41 Å². The molecule has 0 atom stereocenters. The first kappa shape index (κ1) is 13.4. The van der Waals surface area contributed by atoms with Gasteiger partial charge in [-0.05, 0) is 35.2 Å². The lowest BCUT2D eigenvalue weighted by molar-refractivity contribution is 0.590. The minimum atomic E-state index is 0.196. The maximum atomic E-state index is 5.81. The monoisotopic (exact) mass is 277 g/mol. The molecule has 0 saturated carbocycles. The van der Waals surface area contributed by atoms with Crippen LogP contribution in [0.1, 0.15) is 26.3 Å². The maximum absolute atomic E-state index is 5.81. The van der Waals surface area contributed by atoms with Gasteiger partial charge in [0.15, 0.2) is 0 Å². The van der Waals surface area contributed by atoms with Crippen LogP contribution in [0.4, 0.5) is 0 Å². The van der Waals surface area contributed by atoms with E-state index in [0.717, 1.165) is 5.03 Å². The van der Waals surface area contributed by atoms with Gasteiger partial charge in [0.05, 0.1) is 5.02 Å². The normalized spacial score (nSPS) is 11.6. The van der Waals surface area contributed by atoms with Gasteiger partial charge in [-0.2, -0.15) is 0 Å². The van der Waals surface area contributed by atoms with Crippen LogP contribution in [-0.2, 0) is 5.41 Å². The van der Waals surface area contributed by atoms with Gasteiger partial charge >= 0.3 is 0 Å². The van der Waals surface area contributed by atoms with Gasteiger partial charge in [-0.1, -0.05) is 56.3 Å². The Hall–Kier alpha value is -0.990. The average Bonchev–Trinajstić information content (AvgIpc) is 2.32. The molecule has 94 valence electrons. The Morgan fingerprint density at radius 3 is 2.17 bits per heavy atom. The predicted octanol–water partition coefficient (Wildman–Crippen LogP) is 5.18. The highest BCUT2D eigenvalue weighted by Crippen LogP contribution is 2.29. The van der Waals surface area contributed by atoms with Crippen LogP contribution in [0.5, 0.6) is 0 Å². The molecule has 0 bridgehead atoms. The molecule has 18 heavy (non-hydrogen) atoms. The molecule has 0 amide bonds. The second kappa shape index (κ2) is 5.33. The van der Waals surface area contributed by atoms with Crippen LogP contribution in [0.3, 0.4) is 0 Å². The molecule has 0 radical (unpaired) electrons. The zero-order valence-electron chi connectivity index (χ0n) is 10.8. The van der Waals surface area contributed by atoms with Gasteiger partial charge in [-0.25, -0.2) is 4.98 Å². The highest BCUT2D eigenvalue weighted by molar-refractivity contribution is 7.99. The second-order valence-corrected chi connectivity index (χ2v) is 6.72. The summed E-state index contributed by atoms with van der Waals surface area (Å²) in [5.41, 5.74) is 1.54. The van der Waals surface area contributed by atoms with Gasteiger partial charge in [0, 0.05) is 11.1 Å². The van der Waals surface area contributed by atoms with Crippen molar-refractivity contribution in [3.05, 3.63) is 53.2 Å². The Bertz CT molecular complexity index is 512. The lowest BCUT2D eigenvalue weighted by Gasteiger charge is -2.18. The van der Waals surface area contributed by atoms with E-state index in [1.807, 2.05) is 12.1 Å². The van der Waals surface area contributed by atoms with Gasteiger partial charge < -0.3 is 0 Å². The number of pyridine rings is 1. The fraction of sp³-hybridized carbons (Fsp3) is 0.267. The quantitative estimate of drug-likeness (QED) is 0.750. The van der Waals surface area contributed by atoms with Crippen molar-refractivity contribution in [1.82, 2.24) is 4.98 Å². The third kappa shape index (κ3) is 3.50. The molecule has 3 heteroatoms. The van der Waals surface area contributed by atoms with Crippen molar-refractivity contribution in [3.8, 4) is 0 Å². The minimum Gasteiger partial charge on any atom is -0.248 e. The van der Waals surface area contributed by atoms with Crippen LogP contribution in [0.15, 0.2) is 52.5 Å². The molecule has 0 N–H and O–H groups in total. The predicted molar refractivity (Wildman–Crippen MR) is 78.5 cm³/mol. The summed E-state index contributed by atoms with van der Waals surface area (Å²) < 4.78 is 0. The minimum absolute atomic E-state index is 0.196. The lowest BCUT2D eigenvalue weighted by atomic mass is 9.87. The standard InChI is InChI=1S/C15H16ClNS/c1-15(2,3)11-4-7-13(8-5-11)18-14-9-6-12(16)10-17-14/h4-10H,1-3H3. The van der Waals surface area contributed by atoms with Crippen LogP contribution in [0, 0.1) is 0 Å². The zero-order valence-corrected chi connectivity index (χ0v) is 12.3. The third-order valence-corrected chi connectivity index (χ3v) is 3.83. The fourth-order valence-corrected chi connectivity index (χ4v) is 2.43. The van der Waals surface area contributed by atoms with Crippen LogP contribution in [0.25, 0.3) is 0 Å². The summed E-state index contributed by atoms with van der Waals surface area (Å²) in [4.78, 5) is 5.47. The Kier molecular flexibility index (Phi) is 3.98. The van der Waals surface area contributed by atoms with Crippen molar-refractivity contribution >= 4 is 23.4 Å². The maximum Gasteiger partial charge on any atom is 0.101 e. The van der Waals surface area contributed by atoms with Crippen molar-refractivity contribution in [2.24, 2.45) is 0 Å². The van der Waals surface area contributed by atoms with E-state index in [4.69, 9.17) is 11.6 Å². The Labute approximate surface area is 118 Å². The summed E-state index contributed by atoms with van der Waals surface area (Å²) in [6, 6.07) is 12.4. The number of benzene rings is 1. The molecule has 2 aromatic rings. The second-order valence-electron chi connectivity index (χ2n) is 5.19. The van der Waals surface area contributed by atoms with E-state index < -0.39 is 0 Å². The van der Waals surface area contributed by atoms with E-state index in [2.05, 4.69) is 50.0 Å². The summed E-state index contributed by atoms with van der Waals surface area (Å²) in [5, 5.41) is 1.63. The van der Waals surface area contributed by atoms with E-state index in [0.29, 0.717) is 5.02 Å². The van der Waals surface area contributed by atoms with Crippen LogP contribution in [-0.4, -0.2) is 4.98 Å². The third-order valence-electron chi connectivity index (χ3n) is 2.64. The molecule has 0 aliphatic carbocycles. The molecule has 1 aromatic carbocycles. The van der Waals surface area contributed by atoms with Crippen molar-refractivity contribution < 1.29 is 0 Å². The molecule has 0 aliphatic heterocycles. The first-order valence-electron chi connectivity index (χ1n) is 5.85. The SMILES string of the molecule is CC(C)(C)c1ccc(Sc2ccc(Cl)cn2)cc1. The van der Waals surface area contributed by atoms with Gasteiger partial charge in [0.25, 0.3) is 0 Å². The Morgan fingerprint density at radius 2 is 1.67 bits per heavy atom. The molecule has 0 spiro atoms.